The van der Waals surface area contributed by atoms with Crippen LogP contribution in [0.5, 0.6) is 0 Å². The number of allylic oxidation sites excluding steroid dienone is 1. The van der Waals surface area contributed by atoms with E-state index < -0.39 is 0 Å². The number of anilines is 2. The van der Waals surface area contributed by atoms with Crippen LogP contribution in [-0.4, -0.2) is 12.1 Å². The van der Waals surface area contributed by atoms with E-state index in [0.29, 0.717) is 0 Å². The summed E-state index contributed by atoms with van der Waals surface area (Å²) >= 11 is 0. The molecule has 0 saturated carbocycles. The second-order valence-corrected chi connectivity index (χ2v) is 3.23. The summed E-state index contributed by atoms with van der Waals surface area (Å²) in [5, 5.41) is 6.69. The summed E-state index contributed by atoms with van der Waals surface area (Å²) in [6, 6.07) is 5.62. The van der Waals surface area contributed by atoms with Gasteiger partial charge in [-0.2, -0.15) is 5.10 Å². The third kappa shape index (κ3) is 2.22. The molecule has 1 aliphatic rings. The molecule has 76 valence electrons. The number of nitrogens with zero attached hydrogens (tertiary/aromatic N) is 1. The number of benzene rings is 1. The SMILES string of the molecule is CC(=O)Nc1ccc2c(c1)C=CC=NN2. The molecule has 0 bridgehead atoms. The molecule has 2 rings (SSSR count). The fraction of sp³-hybridized carbons (Fsp3) is 0.0909. The van der Waals surface area contributed by atoms with E-state index in [0.717, 1.165) is 16.9 Å². The van der Waals surface area contributed by atoms with E-state index in [2.05, 4.69) is 15.8 Å². The molecule has 4 heteroatoms. The Morgan fingerprint density at radius 3 is 3.13 bits per heavy atom. The van der Waals surface area contributed by atoms with E-state index in [1.807, 2.05) is 30.4 Å². The third-order valence-electron chi connectivity index (χ3n) is 1.99. The van der Waals surface area contributed by atoms with E-state index in [9.17, 15) is 4.79 Å². The molecule has 1 amide bonds. The van der Waals surface area contributed by atoms with Gasteiger partial charge in [0.2, 0.25) is 5.91 Å². The number of hydrogen-bond donors (Lipinski definition) is 2. The Morgan fingerprint density at radius 2 is 2.33 bits per heavy atom. The molecule has 0 atom stereocenters. The molecule has 0 fully saturated rings. The molecule has 0 aromatic heterocycles. The van der Waals surface area contributed by atoms with Crippen LogP contribution < -0.4 is 10.7 Å². The zero-order chi connectivity index (χ0) is 10.7. The highest BCUT2D eigenvalue weighted by molar-refractivity contribution is 5.91. The fourth-order valence-electron chi connectivity index (χ4n) is 1.38. The zero-order valence-corrected chi connectivity index (χ0v) is 8.32. The molecule has 0 spiro atoms. The highest BCUT2D eigenvalue weighted by atomic mass is 16.1. The highest BCUT2D eigenvalue weighted by Gasteiger charge is 2.03. The number of nitrogens with one attached hydrogen (secondary N) is 2. The van der Waals surface area contributed by atoms with Gasteiger partial charge in [0.15, 0.2) is 0 Å². The summed E-state index contributed by atoms with van der Waals surface area (Å²) in [6.07, 6.45) is 5.46. The van der Waals surface area contributed by atoms with Gasteiger partial charge in [-0.25, -0.2) is 0 Å². The minimum absolute atomic E-state index is 0.0724. The smallest absolute Gasteiger partial charge is 0.221 e. The Hall–Kier alpha value is -2.10. The minimum Gasteiger partial charge on any atom is -0.326 e. The van der Waals surface area contributed by atoms with Gasteiger partial charge in [-0.05, 0) is 24.3 Å². The van der Waals surface area contributed by atoms with Gasteiger partial charge in [0.25, 0.3) is 0 Å². The standard InChI is InChI=1S/C11H11N3O/c1-8(15)13-10-4-5-11-9(7-10)3-2-6-12-14-11/h2-7,14H,1H3,(H,13,15). The maximum atomic E-state index is 10.9. The van der Waals surface area contributed by atoms with Crippen LogP contribution in [0.25, 0.3) is 6.08 Å². The monoisotopic (exact) mass is 201 g/mol. The van der Waals surface area contributed by atoms with Gasteiger partial charge < -0.3 is 5.32 Å². The van der Waals surface area contributed by atoms with Gasteiger partial charge in [0.1, 0.15) is 0 Å². The summed E-state index contributed by atoms with van der Waals surface area (Å²) in [5.41, 5.74) is 5.61. The molecule has 4 nitrogen and oxygen atoms in total. The van der Waals surface area contributed by atoms with Crippen molar-refractivity contribution < 1.29 is 4.79 Å². The Labute approximate surface area is 87.7 Å². The molecule has 15 heavy (non-hydrogen) atoms. The Balaban J connectivity index is 2.33. The van der Waals surface area contributed by atoms with E-state index >= 15 is 0 Å². The molecule has 0 saturated heterocycles. The summed E-state index contributed by atoms with van der Waals surface area (Å²) in [5.74, 6) is -0.0724. The van der Waals surface area contributed by atoms with Crippen molar-refractivity contribution in [1.82, 2.24) is 0 Å². The number of carbonyl (C=O) groups excluding carboxylic acids is 1. The van der Waals surface area contributed by atoms with Gasteiger partial charge in [-0.3, -0.25) is 10.2 Å². The number of fused-ring (bicyclic) bond motifs is 1. The summed E-state index contributed by atoms with van der Waals surface area (Å²) in [4.78, 5) is 10.9. The number of amides is 1. The largest absolute Gasteiger partial charge is 0.326 e. The lowest BCUT2D eigenvalue weighted by molar-refractivity contribution is -0.114. The zero-order valence-electron chi connectivity index (χ0n) is 8.32. The van der Waals surface area contributed by atoms with Crippen molar-refractivity contribution in [3.8, 4) is 0 Å². The van der Waals surface area contributed by atoms with Crippen molar-refractivity contribution in [2.45, 2.75) is 6.92 Å². The Morgan fingerprint density at radius 1 is 1.47 bits per heavy atom. The molecule has 0 aliphatic carbocycles. The number of rotatable bonds is 1. The van der Waals surface area contributed by atoms with E-state index in [4.69, 9.17) is 0 Å². The van der Waals surface area contributed by atoms with Crippen molar-refractivity contribution in [2.24, 2.45) is 5.10 Å². The van der Waals surface area contributed by atoms with Crippen LogP contribution in [0.4, 0.5) is 11.4 Å². The molecule has 0 unspecified atom stereocenters. The lowest BCUT2D eigenvalue weighted by atomic mass is 10.1. The van der Waals surface area contributed by atoms with Crippen molar-refractivity contribution in [3.05, 3.63) is 29.8 Å². The van der Waals surface area contributed by atoms with Crippen molar-refractivity contribution in [1.29, 1.82) is 0 Å². The van der Waals surface area contributed by atoms with Gasteiger partial charge in [-0.15, -0.1) is 0 Å². The Kier molecular flexibility index (Phi) is 2.49. The number of carbonyl (C=O) groups is 1. The van der Waals surface area contributed by atoms with E-state index in [-0.39, 0.29) is 5.91 Å². The first kappa shape index (κ1) is 9.45. The number of hydrogen-bond acceptors (Lipinski definition) is 3. The van der Waals surface area contributed by atoms with Crippen molar-refractivity contribution >= 4 is 29.6 Å². The molecule has 2 N–H and O–H groups in total. The van der Waals surface area contributed by atoms with Crippen LogP contribution in [0.3, 0.4) is 0 Å². The second-order valence-electron chi connectivity index (χ2n) is 3.23. The summed E-state index contributed by atoms with van der Waals surface area (Å²) < 4.78 is 0. The topological polar surface area (TPSA) is 53.5 Å². The molecule has 1 heterocycles. The van der Waals surface area contributed by atoms with Crippen LogP contribution in [0.1, 0.15) is 12.5 Å². The van der Waals surface area contributed by atoms with Gasteiger partial charge in [0.05, 0.1) is 5.69 Å². The molecular weight excluding hydrogens is 190 g/mol. The summed E-state index contributed by atoms with van der Waals surface area (Å²) in [7, 11) is 0. The van der Waals surface area contributed by atoms with Gasteiger partial charge >= 0.3 is 0 Å². The van der Waals surface area contributed by atoms with Crippen LogP contribution in [0.2, 0.25) is 0 Å². The summed E-state index contributed by atoms with van der Waals surface area (Å²) in [6.45, 7) is 1.49. The van der Waals surface area contributed by atoms with Gasteiger partial charge in [-0.1, -0.05) is 6.08 Å². The van der Waals surface area contributed by atoms with Crippen molar-refractivity contribution in [2.75, 3.05) is 10.7 Å². The van der Waals surface area contributed by atoms with Crippen LogP contribution >= 0.6 is 0 Å². The maximum Gasteiger partial charge on any atom is 0.221 e. The predicted molar refractivity (Wildman–Crippen MR) is 61.9 cm³/mol. The third-order valence-corrected chi connectivity index (χ3v) is 1.99. The Bertz CT molecular complexity index is 449. The highest BCUT2D eigenvalue weighted by Crippen LogP contribution is 2.22. The first-order chi connectivity index (χ1) is 7.25. The molecule has 1 aliphatic heterocycles. The minimum atomic E-state index is -0.0724. The number of hydrazone groups is 1. The normalized spacial score (nSPS) is 12.6. The maximum absolute atomic E-state index is 10.9. The van der Waals surface area contributed by atoms with Gasteiger partial charge in [0, 0.05) is 24.4 Å². The lowest BCUT2D eigenvalue weighted by Gasteiger charge is -2.07. The molecule has 1 aromatic rings. The van der Waals surface area contributed by atoms with Crippen LogP contribution in [0.15, 0.2) is 29.4 Å². The molecule has 1 aromatic carbocycles. The lowest BCUT2D eigenvalue weighted by Crippen LogP contribution is -2.05. The van der Waals surface area contributed by atoms with Crippen LogP contribution in [-0.2, 0) is 4.79 Å². The predicted octanol–water partition coefficient (Wildman–Crippen LogP) is 2.07. The average Bonchev–Trinajstić information content (AvgIpc) is 2.41. The first-order valence-corrected chi connectivity index (χ1v) is 4.63. The first-order valence-electron chi connectivity index (χ1n) is 4.63. The second kappa shape index (κ2) is 3.96. The van der Waals surface area contributed by atoms with Crippen molar-refractivity contribution in [3.63, 3.8) is 0 Å². The fourth-order valence-corrected chi connectivity index (χ4v) is 1.38. The quantitative estimate of drug-likeness (QED) is 0.730. The van der Waals surface area contributed by atoms with E-state index in [1.54, 1.807) is 6.21 Å². The van der Waals surface area contributed by atoms with E-state index in [1.165, 1.54) is 6.92 Å². The molecular formula is C11H11N3O. The average molecular weight is 201 g/mol. The molecule has 0 radical (unpaired) electrons. The van der Waals surface area contributed by atoms with Crippen LogP contribution in [0, 0.1) is 0 Å².